The van der Waals surface area contributed by atoms with Crippen LogP contribution in [0.15, 0.2) is 0 Å². The van der Waals surface area contributed by atoms with Crippen LogP contribution in [0.5, 0.6) is 0 Å². The van der Waals surface area contributed by atoms with Crippen molar-refractivity contribution in [2.24, 2.45) is 46.3 Å². The van der Waals surface area contributed by atoms with Crippen LogP contribution >= 0.6 is 0 Å². The average molecular weight is 407 g/mol. The molecule has 166 valence electrons. The highest BCUT2D eigenvalue weighted by atomic mass is 16.3. The first-order valence-corrected chi connectivity index (χ1v) is 12.1. The first-order valence-electron chi connectivity index (χ1n) is 12.1. The molecule has 4 saturated carbocycles. The minimum Gasteiger partial charge on any atom is -0.393 e. The van der Waals surface area contributed by atoms with E-state index < -0.39 is 0 Å². The summed E-state index contributed by atoms with van der Waals surface area (Å²) < 4.78 is 0. The molecule has 0 aliphatic heterocycles. The standard InChI is InChI=1S/C25H42O4/c1-14(5-6-15(2)26)18-7-8-19-23-20(13-22(29)25(18,19)4)24(3)10-9-17(27)11-16(24)12-21(23)28/h14,16-23,27-29H,5-13H2,1-4H3/t14?,16?,17-,18?,19?,20?,21-,22+,23?,24+,25-/m1/s1. The summed E-state index contributed by atoms with van der Waals surface area (Å²) in [6, 6.07) is 0. The lowest BCUT2D eigenvalue weighted by Gasteiger charge is -2.63. The predicted octanol–water partition coefficient (Wildman–Crippen LogP) is 3.95. The van der Waals surface area contributed by atoms with Gasteiger partial charge in [0, 0.05) is 6.42 Å². The SMILES string of the molecule is CC(=O)CCC(C)C1CCC2C3C(C[C@H](O)[C@]12C)[C@@]1(C)CC[C@@H](O)CC1C[C@H]3O. The van der Waals surface area contributed by atoms with E-state index in [2.05, 4.69) is 20.8 Å². The zero-order valence-corrected chi connectivity index (χ0v) is 18.8. The zero-order chi connectivity index (χ0) is 21.1. The van der Waals surface area contributed by atoms with E-state index in [4.69, 9.17) is 0 Å². The summed E-state index contributed by atoms with van der Waals surface area (Å²) in [5.74, 6) is 2.45. The lowest BCUT2D eigenvalue weighted by atomic mass is 9.43. The molecular formula is C25H42O4. The van der Waals surface area contributed by atoms with Crippen LogP contribution in [0.1, 0.15) is 85.5 Å². The Morgan fingerprint density at radius 1 is 1.03 bits per heavy atom. The molecule has 0 heterocycles. The third-order valence-corrected chi connectivity index (χ3v) is 10.5. The molecule has 4 rings (SSSR count). The molecule has 4 nitrogen and oxygen atoms in total. The lowest BCUT2D eigenvalue weighted by molar-refractivity contribution is -0.207. The van der Waals surface area contributed by atoms with Gasteiger partial charge < -0.3 is 20.1 Å². The van der Waals surface area contributed by atoms with Crippen LogP contribution in [0, 0.1) is 46.3 Å². The van der Waals surface area contributed by atoms with Crippen LogP contribution in [-0.2, 0) is 4.79 Å². The van der Waals surface area contributed by atoms with Crippen LogP contribution in [0.3, 0.4) is 0 Å². The van der Waals surface area contributed by atoms with Gasteiger partial charge in [-0.1, -0.05) is 20.8 Å². The fourth-order valence-corrected chi connectivity index (χ4v) is 8.76. The van der Waals surface area contributed by atoms with Gasteiger partial charge in [0.2, 0.25) is 0 Å². The Balaban J connectivity index is 1.61. The van der Waals surface area contributed by atoms with Gasteiger partial charge in [-0.25, -0.2) is 0 Å². The summed E-state index contributed by atoms with van der Waals surface area (Å²) in [6.45, 7) is 8.59. The number of hydrogen-bond donors (Lipinski definition) is 3. The van der Waals surface area contributed by atoms with Crippen molar-refractivity contribution in [3.8, 4) is 0 Å². The molecule has 0 amide bonds. The van der Waals surface area contributed by atoms with Crippen LogP contribution in [-0.4, -0.2) is 39.4 Å². The second-order valence-corrected chi connectivity index (χ2v) is 11.7. The fourth-order valence-electron chi connectivity index (χ4n) is 8.76. The molecule has 0 aromatic carbocycles. The van der Waals surface area contributed by atoms with Crippen LogP contribution in [0.25, 0.3) is 0 Å². The molecule has 4 aliphatic carbocycles. The quantitative estimate of drug-likeness (QED) is 0.660. The molecule has 3 N–H and O–H groups in total. The summed E-state index contributed by atoms with van der Waals surface area (Å²) in [5, 5.41) is 33.0. The van der Waals surface area contributed by atoms with E-state index in [0.29, 0.717) is 36.0 Å². The number of carbonyl (C=O) groups excluding carboxylic acids is 1. The fraction of sp³-hybridized carbons (Fsp3) is 0.960. The van der Waals surface area contributed by atoms with Crippen LogP contribution < -0.4 is 0 Å². The van der Waals surface area contributed by atoms with E-state index in [0.717, 1.165) is 51.4 Å². The summed E-state index contributed by atoms with van der Waals surface area (Å²) in [5.41, 5.74) is -0.0283. The Kier molecular flexibility index (Phi) is 5.71. The molecule has 0 bridgehead atoms. The van der Waals surface area contributed by atoms with E-state index in [-0.39, 0.29) is 40.8 Å². The Morgan fingerprint density at radius 3 is 2.45 bits per heavy atom. The van der Waals surface area contributed by atoms with Gasteiger partial charge in [0.1, 0.15) is 5.78 Å². The second kappa shape index (κ2) is 7.60. The smallest absolute Gasteiger partial charge is 0.129 e. The van der Waals surface area contributed by atoms with Crippen molar-refractivity contribution in [1.82, 2.24) is 0 Å². The molecule has 4 heteroatoms. The summed E-state index contributed by atoms with van der Waals surface area (Å²) in [7, 11) is 0. The number of rotatable bonds is 4. The Hall–Kier alpha value is -0.450. The number of aliphatic hydroxyl groups is 3. The number of hydrogen-bond acceptors (Lipinski definition) is 4. The monoisotopic (exact) mass is 406 g/mol. The molecule has 4 fully saturated rings. The Morgan fingerprint density at radius 2 is 1.76 bits per heavy atom. The second-order valence-electron chi connectivity index (χ2n) is 11.7. The highest BCUT2D eigenvalue weighted by Crippen LogP contribution is 2.68. The first kappa shape index (κ1) is 21.8. The maximum absolute atomic E-state index is 11.5. The normalized spacial score (nSPS) is 52.9. The third kappa shape index (κ3) is 3.32. The van der Waals surface area contributed by atoms with E-state index in [1.807, 2.05) is 0 Å². The minimum atomic E-state index is -0.337. The highest BCUT2D eigenvalue weighted by Gasteiger charge is 2.65. The van der Waals surface area contributed by atoms with E-state index in [1.54, 1.807) is 6.92 Å². The van der Waals surface area contributed by atoms with Crippen molar-refractivity contribution in [2.45, 2.75) is 104 Å². The van der Waals surface area contributed by atoms with Crippen molar-refractivity contribution >= 4 is 5.78 Å². The molecule has 0 spiro atoms. The highest BCUT2D eigenvalue weighted by molar-refractivity contribution is 5.75. The first-order chi connectivity index (χ1) is 13.6. The van der Waals surface area contributed by atoms with Crippen molar-refractivity contribution in [3.05, 3.63) is 0 Å². The molecule has 0 aromatic heterocycles. The molecular weight excluding hydrogens is 364 g/mol. The molecule has 11 atom stereocenters. The Labute approximate surface area is 176 Å². The zero-order valence-electron chi connectivity index (χ0n) is 18.8. The summed E-state index contributed by atoms with van der Waals surface area (Å²) >= 11 is 0. The number of ketones is 1. The van der Waals surface area contributed by atoms with Crippen LogP contribution in [0.2, 0.25) is 0 Å². The molecule has 4 aliphatic rings. The maximum atomic E-state index is 11.5. The van der Waals surface area contributed by atoms with Gasteiger partial charge in [-0.2, -0.15) is 0 Å². The van der Waals surface area contributed by atoms with Gasteiger partial charge in [0.25, 0.3) is 0 Å². The molecule has 0 saturated heterocycles. The van der Waals surface area contributed by atoms with Crippen molar-refractivity contribution in [3.63, 3.8) is 0 Å². The van der Waals surface area contributed by atoms with Crippen molar-refractivity contribution in [2.75, 3.05) is 0 Å². The number of Topliss-reactive ketones (excluding diaryl/α,β-unsaturated/α-hetero) is 1. The van der Waals surface area contributed by atoms with Crippen molar-refractivity contribution in [1.29, 1.82) is 0 Å². The summed E-state index contributed by atoms with van der Waals surface area (Å²) in [6.07, 6.45) is 7.12. The largest absolute Gasteiger partial charge is 0.393 e. The van der Waals surface area contributed by atoms with Crippen LogP contribution in [0.4, 0.5) is 0 Å². The third-order valence-electron chi connectivity index (χ3n) is 10.5. The topological polar surface area (TPSA) is 77.8 Å². The molecule has 6 unspecified atom stereocenters. The molecule has 0 aromatic rings. The predicted molar refractivity (Wildman–Crippen MR) is 113 cm³/mol. The van der Waals surface area contributed by atoms with E-state index in [1.165, 1.54) is 0 Å². The number of carbonyl (C=O) groups is 1. The van der Waals surface area contributed by atoms with Gasteiger partial charge in [0.05, 0.1) is 18.3 Å². The van der Waals surface area contributed by atoms with Crippen molar-refractivity contribution < 1.29 is 20.1 Å². The minimum absolute atomic E-state index is 0.129. The van der Waals surface area contributed by atoms with Gasteiger partial charge >= 0.3 is 0 Å². The van der Waals surface area contributed by atoms with Gasteiger partial charge in [-0.3, -0.25) is 0 Å². The Bertz CT molecular complexity index is 634. The van der Waals surface area contributed by atoms with Gasteiger partial charge in [-0.15, -0.1) is 0 Å². The van der Waals surface area contributed by atoms with E-state index >= 15 is 0 Å². The number of aliphatic hydroxyl groups excluding tert-OH is 3. The van der Waals surface area contributed by atoms with Gasteiger partial charge in [-0.05, 0) is 105 Å². The lowest BCUT2D eigenvalue weighted by Crippen LogP contribution is -2.62. The van der Waals surface area contributed by atoms with Gasteiger partial charge in [0.15, 0.2) is 0 Å². The summed E-state index contributed by atoms with van der Waals surface area (Å²) in [4.78, 5) is 11.5. The number of fused-ring (bicyclic) bond motifs is 5. The van der Waals surface area contributed by atoms with E-state index in [9.17, 15) is 20.1 Å². The average Bonchev–Trinajstić information content (AvgIpc) is 3.01. The molecule has 0 radical (unpaired) electrons. The maximum Gasteiger partial charge on any atom is 0.129 e. The molecule has 29 heavy (non-hydrogen) atoms.